The first-order valence-corrected chi connectivity index (χ1v) is 8.79. The largest absolute Gasteiger partial charge is 0.365 e. The highest BCUT2D eigenvalue weighted by Crippen LogP contribution is 2.26. The fraction of sp³-hybridized carbons (Fsp3) is 0.444. The molecule has 2 heterocycles. The molecular formula is C18H25F2IN6. The number of aromatic nitrogens is 2. The van der Waals surface area contributed by atoms with Gasteiger partial charge in [-0.05, 0) is 25.0 Å². The topological polar surface area (TPSA) is 57.5 Å². The average Bonchev–Trinajstić information content (AvgIpc) is 3.29. The van der Waals surface area contributed by atoms with Crippen molar-refractivity contribution in [1.82, 2.24) is 20.2 Å². The van der Waals surface area contributed by atoms with E-state index in [1.54, 1.807) is 24.5 Å². The van der Waals surface area contributed by atoms with Gasteiger partial charge in [0.15, 0.2) is 5.96 Å². The Balaban J connectivity index is 0.00000261. The van der Waals surface area contributed by atoms with Crippen molar-refractivity contribution in [2.75, 3.05) is 31.6 Å². The SMILES string of the molecule is CN=C(NCCCn1ccnc1)NC1CCN(c2c(F)cccc2F)C1.I. The van der Waals surface area contributed by atoms with E-state index in [0.717, 1.165) is 25.9 Å². The Morgan fingerprint density at radius 1 is 1.33 bits per heavy atom. The van der Waals surface area contributed by atoms with Gasteiger partial charge in [-0.25, -0.2) is 13.8 Å². The van der Waals surface area contributed by atoms with Crippen molar-refractivity contribution in [1.29, 1.82) is 0 Å². The van der Waals surface area contributed by atoms with E-state index >= 15 is 0 Å². The molecule has 0 amide bonds. The highest BCUT2D eigenvalue weighted by atomic mass is 127. The van der Waals surface area contributed by atoms with E-state index in [4.69, 9.17) is 0 Å². The molecule has 1 aromatic heterocycles. The highest BCUT2D eigenvalue weighted by molar-refractivity contribution is 14.0. The second kappa shape index (κ2) is 10.4. The third kappa shape index (κ3) is 5.78. The maximum atomic E-state index is 13.9. The number of nitrogens with zero attached hydrogens (tertiary/aromatic N) is 4. The van der Waals surface area contributed by atoms with Crippen LogP contribution in [-0.4, -0.2) is 48.2 Å². The van der Waals surface area contributed by atoms with E-state index in [0.29, 0.717) is 19.0 Å². The minimum absolute atomic E-state index is 0. The van der Waals surface area contributed by atoms with Crippen molar-refractivity contribution in [3.8, 4) is 0 Å². The lowest BCUT2D eigenvalue weighted by molar-refractivity contribution is 0.575. The molecule has 0 radical (unpaired) electrons. The van der Waals surface area contributed by atoms with Crippen LogP contribution in [0.1, 0.15) is 12.8 Å². The second-order valence-electron chi connectivity index (χ2n) is 6.30. The predicted octanol–water partition coefficient (Wildman–Crippen LogP) is 2.61. The van der Waals surface area contributed by atoms with Gasteiger partial charge in [-0.3, -0.25) is 4.99 Å². The molecule has 3 rings (SSSR count). The molecule has 1 atom stereocenters. The number of halogens is 3. The molecule has 6 nitrogen and oxygen atoms in total. The molecule has 1 aromatic carbocycles. The normalized spacial score (nSPS) is 16.9. The number of benzene rings is 1. The number of nitrogens with one attached hydrogen (secondary N) is 2. The first-order chi connectivity index (χ1) is 12.7. The number of anilines is 1. The Morgan fingerprint density at radius 2 is 2.11 bits per heavy atom. The lowest BCUT2D eigenvalue weighted by atomic mass is 10.2. The molecule has 0 saturated carbocycles. The Hall–Kier alpha value is -1.91. The van der Waals surface area contributed by atoms with Crippen molar-refractivity contribution in [3.63, 3.8) is 0 Å². The molecule has 148 valence electrons. The van der Waals surface area contributed by atoms with Gasteiger partial charge in [-0.15, -0.1) is 24.0 Å². The van der Waals surface area contributed by atoms with Crippen molar-refractivity contribution < 1.29 is 8.78 Å². The van der Waals surface area contributed by atoms with Crippen LogP contribution >= 0.6 is 24.0 Å². The Bertz CT molecular complexity index is 717. The first-order valence-electron chi connectivity index (χ1n) is 8.79. The number of para-hydroxylation sites is 1. The summed E-state index contributed by atoms with van der Waals surface area (Å²) < 4.78 is 29.9. The summed E-state index contributed by atoms with van der Waals surface area (Å²) in [6.07, 6.45) is 7.22. The van der Waals surface area contributed by atoms with Crippen LogP contribution in [0.15, 0.2) is 41.9 Å². The summed E-state index contributed by atoms with van der Waals surface area (Å²) in [5.74, 6) is -0.336. The highest BCUT2D eigenvalue weighted by Gasteiger charge is 2.27. The molecule has 0 spiro atoms. The summed E-state index contributed by atoms with van der Waals surface area (Å²) >= 11 is 0. The van der Waals surface area contributed by atoms with E-state index in [9.17, 15) is 8.78 Å². The van der Waals surface area contributed by atoms with E-state index in [1.165, 1.54) is 18.2 Å². The second-order valence-corrected chi connectivity index (χ2v) is 6.30. The molecule has 1 unspecified atom stereocenters. The number of hydrogen-bond acceptors (Lipinski definition) is 3. The van der Waals surface area contributed by atoms with Gasteiger partial charge in [0.05, 0.1) is 6.33 Å². The van der Waals surface area contributed by atoms with Crippen LogP contribution in [0.4, 0.5) is 14.5 Å². The molecule has 0 aliphatic carbocycles. The van der Waals surface area contributed by atoms with Crippen LogP contribution in [0.2, 0.25) is 0 Å². The van der Waals surface area contributed by atoms with E-state index in [1.807, 2.05) is 10.8 Å². The third-order valence-electron chi connectivity index (χ3n) is 4.45. The fourth-order valence-electron chi connectivity index (χ4n) is 3.15. The Kier molecular flexibility index (Phi) is 8.26. The summed E-state index contributed by atoms with van der Waals surface area (Å²) in [7, 11) is 1.72. The van der Waals surface area contributed by atoms with Crippen LogP contribution in [0.5, 0.6) is 0 Å². The molecule has 9 heteroatoms. The molecule has 1 fully saturated rings. The van der Waals surface area contributed by atoms with E-state index in [-0.39, 0.29) is 35.7 Å². The molecular weight excluding hydrogens is 465 g/mol. The van der Waals surface area contributed by atoms with Crippen LogP contribution in [0, 0.1) is 11.6 Å². The fourth-order valence-corrected chi connectivity index (χ4v) is 3.15. The monoisotopic (exact) mass is 490 g/mol. The Morgan fingerprint density at radius 3 is 2.78 bits per heavy atom. The predicted molar refractivity (Wildman–Crippen MR) is 114 cm³/mol. The molecule has 1 aliphatic rings. The Labute approximate surface area is 175 Å². The smallest absolute Gasteiger partial charge is 0.191 e. The number of aryl methyl sites for hydroxylation is 1. The standard InChI is InChI=1S/C18H24F2N6.HI/c1-21-18(23-7-3-9-25-11-8-22-13-25)24-14-6-10-26(12-14)17-15(19)4-2-5-16(17)20;/h2,4-5,8,11,13-14H,3,6-7,9-10,12H2,1H3,(H2,21,23,24);1H. The van der Waals surface area contributed by atoms with Gasteiger partial charge in [0.25, 0.3) is 0 Å². The zero-order chi connectivity index (χ0) is 18.4. The number of guanidine groups is 1. The van der Waals surface area contributed by atoms with Crippen LogP contribution in [-0.2, 0) is 6.54 Å². The van der Waals surface area contributed by atoms with Crippen LogP contribution < -0.4 is 15.5 Å². The van der Waals surface area contributed by atoms with Gasteiger partial charge in [0, 0.05) is 51.7 Å². The molecule has 2 N–H and O–H groups in total. The average molecular weight is 490 g/mol. The number of imidazole rings is 1. The maximum Gasteiger partial charge on any atom is 0.191 e. The summed E-state index contributed by atoms with van der Waals surface area (Å²) in [5, 5.41) is 6.61. The number of aliphatic imine (C=N–C) groups is 1. The molecule has 0 bridgehead atoms. The third-order valence-corrected chi connectivity index (χ3v) is 4.45. The van der Waals surface area contributed by atoms with E-state index in [2.05, 4.69) is 20.6 Å². The summed E-state index contributed by atoms with van der Waals surface area (Å²) in [4.78, 5) is 9.99. The zero-order valence-corrected chi connectivity index (χ0v) is 17.6. The summed E-state index contributed by atoms with van der Waals surface area (Å²) in [6.45, 7) is 2.80. The molecule has 1 saturated heterocycles. The van der Waals surface area contributed by atoms with Gasteiger partial charge in [-0.2, -0.15) is 0 Å². The van der Waals surface area contributed by atoms with Gasteiger partial charge in [0.2, 0.25) is 0 Å². The van der Waals surface area contributed by atoms with Gasteiger partial charge in [0.1, 0.15) is 17.3 Å². The quantitative estimate of drug-likeness (QED) is 0.283. The van der Waals surface area contributed by atoms with Crippen molar-refractivity contribution in [2.45, 2.75) is 25.4 Å². The lowest BCUT2D eigenvalue weighted by Crippen LogP contribution is -2.45. The summed E-state index contributed by atoms with van der Waals surface area (Å²) in [5.41, 5.74) is 0.0556. The van der Waals surface area contributed by atoms with Crippen molar-refractivity contribution in [2.24, 2.45) is 4.99 Å². The minimum atomic E-state index is -0.521. The van der Waals surface area contributed by atoms with Crippen molar-refractivity contribution in [3.05, 3.63) is 48.6 Å². The van der Waals surface area contributed by atoms with Crippen LogP contribution in [0.3, 0.4) is 0 Å². The zero-order valence-electron chi connectivity index (χ0n) is 15.2. The minimum Gasteiger partial charge on any atom is -0.365 e. The number of hydrogen-bond donors (Lipinski definition) is 2. The first kappa shape index (κ1) is 21.4. The summed E-state index contributed by atoms with van der Waals surface area (Å²) in [6, 6.07) is 4.06. The van der Waals surface area contributed by atoms with Crippen LogP contribution in [0.25, 0.3) is 0 Å². The van der Waals surface area contributed by atoms with E-state index < -0.39 is 11.6 Å². The van der Waals surface area contributed by atoms with Gasteiger partial charge in [-0.1, -0.05) is 6.07 Å². The molecule has 1 aliphatic heterocycles. The van der Waals surface area contributed by atoms with Gasteiger partial charge < -0.3 is 20.1 Å². The van der Waals surface area contributed by atoms with Crippen molar-refractivity contribution >= 4 is 35.6 Å². The maximum absolute atomic E-state index is 13.9. The van der Waals surface area contributed by atoms with Gasteiger partial charge >= 0.3 is 0 Å². The molecule has 27 heavy (non-hydrogen) atoms. The lowest BCUT2D eigenvalue weighted by Gasteiger charge is -2.21. The number of rotatable bonds is 6. The molecule has 2 aromatic rings.